The molecule has 0 saturated heterocycles. The van der Waals surface area contributed by atoms with Gasteiger partial charge in [0.25, 0.3) is 0 Å². The molecule has 0 fully saturated rings. The highest BCUT2D eigenvalue weighted by Crippen LogP contribution is 2.06. The summed E-state index contributed by atoms with van der Waals surface area (Å²) in [6, 6.07) is -0.215. The second-order valence-electron chi connectivity index (χ2n) is 4.82. The zero-order valence-electron chi connectivity index (χ0n) is 11.6. The third kappa shape index (κ3) is 8.22. The van der Waals surface area contributed by atoms with Crippen LogP contribution in [0.2, 0.25) is 0 Å². The van der Waals surface area contributed by atoms with Crippen LogP contribution in [0.25, 0.3) is 0 Å². The molecule has 0 aliphatic rings. The van der Waals surface area contributed by atoms with E-state index < -0.39 is 11.9 Å². The highest BCUT2D eigenvalue weighted by molar-refractivity contribution is 7.99. The summed E-state index contributed by atoms with van der Waals surface area (Å²) in [5.74, 6) is 1.19. The van der Waals surface area contributed by atoms with Crippen LogP contribution in [-0.2, 0) is 4.79 Å². The number of carboxylic acid groups (broad SMARTS) is 1. The van der Waals surface area contributed by atoms with Gasteiger partial charge >= 0.3 is 12.0 Å². The fourth-order valence-corrected chi connectivity index (χ4v) is 2.14. The zero-order chi connectivity index (χ0) is 14.1. The van der Waals surface area contributed by atoms with E-state index in [9.17, 15) is 9.59 Å². The van der Waals surface area contributed by atoms with Gasteiger partial charge in [0.05, 0.1) is 5.92 Å². The van der Waals surface area contributed by atoms with Crippen molar-refractivity contribution < 1.29 is 14.7 Å². The molecule has 0 saturated carbocycles. The summed E-state index contributed by atoms with van der Waals surface area (Å²) < 4.78 is 0. The molecule has 0 heterocycles. The molecule has 6 heteroatoms. The van der Waals surface area contributed by atoms with E-state index in [1.165, 1.54) is 4.90 Å². The number of carboxylic acids is 1. The van der Waals surface area contributed by atoms with Crippen molar-refractivity contribution in [3.8, 4) is 0 Å². The van der Waals surface area contributed by atoms with Crippen molar-refractivity contribution in [3.05, 3.63) is 0 Å². The van der Waals surface area contributed by atoms with Gasteiger partial charge in [0.1, 0.15) is 0 Å². The second kappa shape index (κ2) is 9.08. The predicted molar refractivity (Wildman–Crippen MR) is 75.0 cm³/mol. The lowest BCUT2D eigenvalue weighted by Crippen LogP contribution is -2.41. The number of rotatable bonds is 8. The summed E-state index contributed by atoms with van der Waals surface area (Å²) in [6.07, 6.45) is 0. The van der Waals surface area contributed by atoms with Gasteiger partial charge in [0.2, 0.25) is 0 Å². The maximum atomic E-state index is 11.6. The standard InChI is InChI=1S/C12H24N2O3S/c1-9(2)8-18-6-5-13-12(17)14(4)7-10(3)11(15)16/h9-10H,5-8H2,1-4H3,(H,13,17)(H,15,16). The molecule has 106 valence electrons. The first-order valence-electron chi connectivity index (χ1n) is 6.14. The van der Waals surface area contributed by atoms with E-state index in [0.29, 0.717) is 12.5 Å². The van der Waals surface area contributed by atoms with Crippen LogP contribution in [0, 0.1) is 11.8 Å². The lowest BCUT2D eigenvalue weighted by Gasteiger charge is -2.20. The maximum absolute atomic E-state index is 11.6. The molecule has 0 spiro atoms. The molecule has 18 heavy (non-hydrogen) atoms. The molecular formula is C12H24N2O3S. The summed E-state index contributed by atoms with van der Waals surface area (Å²) in [5.41, 5.74) is 0. The van der Waals surface area contributed by atoms with Crippen LogP contribution in [-0.4, -0.2) is 53.6 Å². The van der Waals surface area contributed by atoms with E-state index in [1.54, 1.807) is 25.7 Å². The molecule has 0 rings (SSSR count). The molecule has 0 aromatic rings. The molecule has 0 bridgehead atoms. The SMILES string of the molecule is CC(C)CSCCNC(=O)N(C)CC(C)C(=O)O. The number of urea groups is 1. The first-order valence-corrected chi connectivity index (χ1v) is 7.29. The molecule has 2 amide bonds. The number of amides is 2. The lowest BCUT2D eigenvalue weighted by atomic mass is 10.2. The minimum Gasteiger partial charge on any atom is -0.481 e. The Labute approximate surface area is 113 Å². The first kappa shape index (κ1) is 17.1. The second-order valence-corrected chi connectivity index (χ2v) is 5.97. The Kier molecular flexibility index (Phi) is 8.62. The number of nitrogens with zero attached hydrogens (tertiary/aromatic N) is 1. The Balaban J connectivity index is 3.71. The largest absolute Gasteiger partial charge is 0.481 e. The monoisotopic (exact) mass is 276 g/mol. The van der Waals surface area contributed by atoms with E-state index in [1.807, 2.05) is 0 Å². The van der Waals surface area contributed by atoms with Crippen molar-refractivity contribution in [1.82, 2.24) is 10.2 Å². The molecule has 0 aliphatic heterocycles. The van der Waals surface area contributed by atoms with Crippen molar-refractivity contribution in [2.24, 2.45) is 11.8 Å². The molecule has 0 radical (unpaired) electrons. The molecule has 1 atom stereocenters. The van der Waals surface area contributed by atoms with Gasteiger partial charge in [-0.1, -0.05) is 20.8 Å². The van der Waals surface area contributed by atoms with Crippen LogP contribution < -0.4 is 5.32 Å². The van der Waals surface area contributed by atoms with Gasteiger partial charge in [0.15, 0.2) is 0 Å². The summed E-state index contributed by atoms with van der Waals surface area (Å²) >= 11 is 1.81. The smallest absolute Gasteiger partial charge is 0.317 e. The Morgan fingerprint density at radius 1 is 1.33 bits per heavy atom. The number of thioether (sulfide) groups is 1. The number of hydrogen-bond donors (Lipinski definition) is 2. The first-order chi connectivity index (χ1) is 8.34. The minimum atomic E-state index is -0.887. The summed E-state index contributed by atoms with van der Waals surface area (Å²) in [6.45, 7) is 6.74. The number of aliphatic carboxylic acids is 1. The number of carbonyl (C=O) groups excluding carboxylic acids is 1. The minimum absolute atomic E-state index is 0.215. The Bertz CT molecular complexity index is 272. The topological polar surface area (TPSA) is 69.6 Å². The van der Waals surface area contributed by atoms with Crippen LogP contribution in [0.1, 0.15) is 20.8 Å². The number of nitrogens with one attached hydrogen (secondary N) is 1. The molecule has 1 unspecified atom stereocenters. The van der Waals surface area contributed by atoms with E-state index in [4.69, 9.17) is 5.11 Å². The average molecular weight is 276 g/mol. The third-order valence-corrected chi connectivity index (χ3v) is 3.68. The fraction of sp³-hybridized carbons (Fsp3) is 0.833. The van der Waals surface area contributed by atoms with Gasteiger partial charge in [-0.3, -0.25) is 4.79 Å². The molecular weight excluding hydrogens is 252 g/mol. The molecule has 0 aliphatic carbocycles. The van der Waals surface area contributed by atoms with Gasteiger partial charge in [-0.25, -0.2) is 4.79 Å². The highest BCUT2D eigenvalue weighted by Gasteiger charge is 2.16. The average Bonchev–Trinajstić information content (AvgIpc) is 2.27. The van der Waals surface area contributed by atoms with Gasteiger partial charge < -0.3 is 15.3 Å². The van der Waals surface area contributed by atoms with E-state index in [-0.39, 0.29) is 12.6 Å². The summed E-state index contributed by atoms with van der Waals surface area (Å²) in [7, 11) is 1.61. The van der Waals surface area contributed by atoms with E-state index >= 15 is 0 Å². The molecule has 2 N–H and O–H groups in total. The highest BCUT2D eigenvalue weighted by atomic mass is 32.2. The third-order valence-electron chi connectivity index (χ3n) is 2.29. The van der Waals surface area contributed by atoms with Crippen LogP contribution >= 0.6 is 11.8 Å². The van der Waals surface area contributed by atoms with Gasteiger partial charge in [-0.05, 0) is 11.7 Å². The van der Waals surface area contributed by atoms with Crippen molar-refractivity contribution in [2.45, 2.75) is 20.8 Å². The van der Waals surface area contributed by atoms with Crippen LogP contribution in [0.5, 0.6) is 0 Å². The number of carbonyl (C=O) groups is 2. The molecule has 0 aromatic heterocycles. The normalized spacial score (nSPS) is 12.3. The van der Waals surface area contributed by atoms with Crippen LogP contribution in [0.15, 0.2) is 0 Å². The Hall–Kier alpha value is -0.910. The summed E-state index contributed by atoms with van der Waals surface area (Å²) in [4.78, 5) is 23.7. The van der Waals surface area contributed by atoms with Gasteiger partial charge in [-0.15, -0.1) is 0 Å². The van der Waals surface area contributed by atoms with Crippen LogP contribution in [0.4, 0.5) is 4.79 Å². The Morgan fingerprint density at radius 3 is 2.44 bits per heavy atom. The summed E-state index contributed by atoms with van der Waals surface area (Å²) in [5, 5.41) is 11.5. The van der Waals surface area contributed by atoms with Crippen LogP contribution in [0.3, 0.4) is 0 Å². The van der Waals surface area contributed by atoms with Crippen molar-refractivity contribution in [3.63, 3.8) is 0 Å². The quantitative estimate of drug-likeness (QED) is 0.663. The maximum Gasteiger partial charge on any atom is 0.317 e. The van der Waals surface area contributed by atoms with Crippen molar-refractivity contribution in [2.75, 3.05) is 31.6 Å². The van der Waals surface area contributed by atoms with Crippen molar-refractivity contribution >= 4 is 23.8 Å². The number of hydrogen-bond acceptors (Lipinski definition) is 3. The van der Waals surface area contributed by atoms with E-state index in [2.05, 4.69) is 19.2 Å². The fourth-order valence-electron chi connectivity index (χ4n) is 1.26. The predicted octanol–water partition coefficient (Wildman–Crippen LogP) is 1.74. The van der Waals surface area contributed by atoms with Gasteiger partial charge in [-0.2, -0.15) is 11.8 Å². The lowest BCUT2D eigenvalue weighted by molar-refractivity contribution is -0.141. The van der Waals surface area contributed by atoms with Gasteiger partial charge in [0, 0.05) is 25.9 Å². The molecule has 5 nitrogen and oxygen atoms in total. The Morgan fingerprint density at radius 2 is 1.94 bits per heavy atom. The van der Waals surface area contributed by atoms with Crippen molar-refractivity contribution in [1.29, 1.82) is 0 Å². The van der Waals surface area contributed by atoms with E-state index in [0.717, 1.165) is 11.5 Å². The molecule has 0 aromatic carbocycles. The zero-order valence-corrected chi connectivity index (χ0v) is 12.4.